The highest BCUT2D eigenvalue weighted by Gasteiger charge is 2.04. The lowest BCUT2D eigenvalue weighted by Crippen LogP contribution is -1.97. The summed E-state index contributed by atoms with van der Waals surface area (Å²) in [5.74, 6) is 3.14. The molecule has 0 aromatic carbocycles. The monoisotopic (exact) mass is 284 g/mol. The Morgan fingerprint density at radius 1 is 1.14 bits per heavy atom. The molecule has 3 heterocycles. The Morgan fingerprint density at radius 2 is 1.95 bits per heavy atom. The van der Waals surface area contributed by atoms with Crippen LogP contribution in [0, 0.1) is 6.92 Å². The van der Waals surface area contributed by atoms with E-state index in [9.17, 15) is 0 Å². The van der Waals surface area contributed by atoms with E-state index < -0.39 is 0 Å². The molecule has 0 aliphatic heterocycles. The molecule has 0 spiro atoms. The molecule has 21 heavy (non-hydrogen) atoms. The van der Waals surface area contributed by atoms with Crippen molar-refractivity contribution in [2.24, 2.45) is 0 Å². The third-order valence-electron chi connectivity index (χ3n) is 2.78. The zero-order chi connectivity index (χ0) is 15.2. The van der Waals surface area contributed by atoms with Gasteiger partial charge in [-0.15, -0.1) is 0 Å². The second kappa shape index (κ2) is 6.78. The van der Waals surface area contributed by atoms with E-state index in [0.717, 1.165) is 40.7 Å². The fourth-order valence-corrected chi connectivity index (χ4v) is 1.86. The SMILES string of the molecule is CC.CCc1nc2cc(Nc3ccnc(C)n3)ncc2[nH]1. The first-order valence-corrected chi connectivity index (χ1v) is 7.16. The summed E-state index contributed by atoms with van der Waals surface area (Å²) in [5, 5.41) is 3.15. The van der Waals surface area contributed by atoms with Crippen LogP contribution in [0.4, 0.5) is 11.6 Å². The molecule has 0 atom stereocenters. The standard InChI is InChI=1S/C13H14N6.C2H6/c1-3-11-17-9-6-13(15-7-10(9)18-11)19-12-4-5-14-8(2)16-12;1-2/h4-7H,3H2,1-2H3,(H,17,18)(H,14,15,16,19);1-2H3. The van der Waals surface area contributed by atoms with Crippen molar-refractivity contribution >= 4 is 22.7 Å². The Bertz CT molecular complexity index is 719. The van der Waals surface area contributed by atoms with Gasteiger partial charge in [-0.05, 0) is 13.0 Å². The summed E-state index contributed by atoms with van der Waals surface area (Å²) in [5.41, 5.74) is 1.85. The second-order valence-electron chi connectivity index (χ2n) is 4.24. The summed E-state index contributed by atoms with van der Waals surface area (Å²) in [6.45, 7) is 7.91. The minimum absolute atomic E-state index is 0.721. The van der Waals surface area contributed by atoms with Gasteiger partial charge >= 0.3 is 0 Å². The smallest absolute Gasteiger partial charge is 0.135 e. The van der Waals surface area contributed by atoms with Crippen LogP contribution in [-0.4, -0.2) is 24.9 Å². The maximum absolute atomic E-state index is 4.48. The molecular formula is C15H20N6. The Balaban J connectivity index is 0.000000774. The third kappa shape index (κ3) is 3.53. The highest BCUT2D eigenvalue weighted by molar-refractivity contribution is 5.77. The number of hydrogen-bond donors (Lipinski definition) is 2. The number of rotatable bonds is 3. The van der Waals surface area contributed by atoms with E-state index >= 15 is 0 Å². The zero-order valence-electron chi connectivity index (χ0n) is 12.8. The van der Waals surface area contributed by atoms with Crippen LogP contribution in [-0.2, 0) is 6.42 Å². The molecule has 110 valence electrons. The van der Waals surface area contributed by atoms with Crippen molar-refractivity contribution in [2.45, 2.75) is 34.1 Å². The molecule has 0 amide bonds. The average molecular weight is 284 g/mol. The molecule has 0 unspecified atom stereocenters. The van der Waals surface area contributed by atoms with E-state index in [2.05, 4.69) is 37.2 Å². The van der Waals surface area contributed by atoms with E-state index in [-0.39, 0.29) is 0 Å². The number of aromatic nitrogens is 5. The van der Waals surface area contributed by atoms with Gasteiger partial charge in [0.2, 0.25) is 0 Å². The number of nitrogens with one attached hydrogen (secondary N) is 2. The Kier molecular flexibility index (Phi) is 4.81. The van der Waals surface area contributed by atoms with Crippen molar-refractivity contribution in [3.63, 3.8) is 0 Å². The molecular weight excluding hydrogens is 264 g/mol. The molecule has 2 N–H and O–H groups in total. The number of anilines is 2. The number of pyridine rings is 1. The van der Waals surface area contributed by atoms with Gasteiger partial charge in [-0.3, -0.25) is 0 Å². The van der Waals surface area contributed by atoms with Gasteiger partial charge in [-0.2, -0.15) is 0 Å². The Hall–Kier alpha value is -2.50. The predicted molar refractivity (Wildman–Crippen MR) is 84.7 cm³/mol. The molecule has 0 saturated carbocycles. The van der Waals surface area contributed by atoms with Gasteiger partial charge in [0, 0.05) is 18.7 Å². The lowest BCUT2D eigenvalue weighted by Gasteiger charge is -2.04. The van der Waals surface area contributed by atoms with Crippen LogP contribution in [0.15, 0.2) is 24.5 Å². The largest absolute Gasteiger partial charge is 0.341 e. The zero-order valence-corrected chi connectivity index (χ0v) is 12.8. The summed E-state index contributed by atoms with van der Waals surface area (Å²) >= 11 is 0. The molecule has 3 aromatic heterocycles. The van der Waals surface area contributed by atoms with Crippen molar-refractivity contribution in [3.8, 4) is 0 Å². The number of aromatic amines is 1. The van der Waals surface area contributed by atoms with Gasteiger partial charge in [0.05, 0.1) is 17.2 Å². The van der Waals surface area contributed by atoms with Crippen LogP contribution in [0.5, 0.6) is 0 Å². The van der Waals surface area contributed by atoms with Crippen molar-refractivity contribution in [2.75, 3.05) is 5.32 Å². The third-order valence-corrected chi connectivity index (χ3v) is 2.78. The number of imidazole rings is 1. The second-order valence-corrected chi connectivity index (χ2v) is 4.24. The number of fused-ring (bicyclic) bond motifs is 1. The van der Waals surface area contributed by atoms with Gasteiger partial charge in [0.15, 0.2) is 0 Å². The van der Waals surface area contributed by atoms with E-state index in [1.165, 1.54) is 0 Å². The van der Waals surface area contributed by atoms with Crippen LogP contribution in [0.3, 0.4) is 0 Å². The van der Waals surface area contributed by atoms with E-state index in [1.54, 1.807) is 18.5 Å². The molecule has 0 fully saturated rings. The lowest BCUT2D eigenvalue weighted by atomic mass is 10.4. The first kappa shape index (κ1) is 14.9. The fourth-order valence-electron chi connectivity index (χ4n) is 1.86. The normalized spacial score (nSPS) is 10.1. The molecule has 0 aliphatic carbocycles. The van der Waals surface area contributed by atoms with E-state index in [0.29, 0.717) is 0 Å². The van der Waals surface area contributed by atoms with Crippen molar-refractivity contribution in [3.05, 3.63) is 36.2 Å². The highest BCUT2D eigenvalue weighted by Crippen LogP contribution is 2.17. The molecule has 6 heteroatoms. The highest BCUT2D eigenvalue weighted by atomic mass is 15.1. The van der Waals surface area contributed by atoms with Crippen molar-refractivity contribution in [1.29, 1.82) is 0 Å². The van der Waals surface area contributed by atoms with Gasteiger partial charge in [0.25, 0.3) is 0 Å². The number of aryl methyl sites for hydroxylation is 2. The molecule has 6 nitrogen and oxygen atoms in total. The summed E-state index contributed by atoms with van der Waals surface area (Å²) in [7, 11) is 0. The number of nitrogens with zero attached hydrogens (tertiary/aromatic N) is 4. The maximum Gasteiger partial charge on any atom is 0.135 e. The predicted octanol–water partition coefficient (Wildman–Crippen LogP) is 3.39. The molecule has 0 saturated heterocycles. The quantitative estimate of drug-likeness (QED) is 0.770. The molecule has 0 bridgehead atoms. The fraction of sp³-hybridized carbons (Fsp3) is 0.333. The molecule has 3 aromatic rings. The summed E-state index contributed by atoms with van der Waals surface area (Å²) in [6, 6.07) is 3.71. The van der Waals surface area contributed by atoms with Crippen LogP contribution < -0.4 is 5.32 Å². The minimum Gasteiger partial charge on any atom is -0.341 e. The van der Waals surface area contributed by atoms with E-state index in [1.807, 2.05) is 26.8 Å². The van der Waals surface area contributed by atoms with Crippen LogP contribution in [0.2, 0.25) is 0 Å². The van der Waals surface area contributed by atoms with Crippen LogP contribution in [0.25, 0.3) is 11.0 Å². The van der Waals surface area contributed by atoms with Crippen molar-refractivity contribution in [1.82, 2.24) is 24.9 Å². The van der Waals surface area contributed by atoms with Gasteiger partial charge in [-0.25, -0.2) is 19.9 Å². The average Bonchev–Trinajstić information content (AvgIpc) is 2.92. The summed E-state index contributed by atoms with van der Waals surface area (Å²) < 4.78 is 0. The summed E-state index contributed by atoms with van der Waals surface area (Å²) in [6.07, 6.45) is 4.37. The molecule has 0 aliphatic rings. The lowest BCUT2D eigenvalue weighted by molar-refractivity contribution is 1.00. The van der Waals surface area contributed by atoms with Gasteiger partial charge in [0.1, 0.15) is 23.3 Å². The number of H-pyrrole nitrogens is 1. The minimum atomic E-state index is 0.721. The Morgan fingerprint density at radius 3 is 2.67 bits per heavy atom. The first-order valence-electron chi connectivity index (χ1n) is 7.16. The molecule has 0 radical (unpaired) electrons. The topological polar surface area (TPSA) is 79.4 Å². The van der Waals surface area contributed by atoms with Crippen molar-refractivity contribution < 1.29 is 0 Å². The van der Waals surface area contributed by atoms with E-state index in [4.69, 9.17) is 0 Å². The Labute approximate surface area is 124 Å². The van der Waals surface area contributed by atoms with Gasteiger partial charge < -0.3 is 10.3 Å². The summed E-state index contributed by atoms with van der Waals surface area (Å²) in [4.78, 5) is 20.4. The number of hydrogen-bond acceptors (Lipinski definition) is 5. The van der Waals surface area contributed by atoms with Crippen LogP contribution >= 0.6 is 0 Å². The maximum atomic E-state index is 4.48. The van der Waals surface area contributed by atoms with Gasteiger partial charge in [-0.1, -0.05) is 20.8 Å². The van der Waals surface area contributed by atoms with Crippen LogP contribution in [0.1, 0.15) is 32.4 Å². The molecule has 3 rings (SSSR count). The first-order chi connectivity index (χ1) is 10.2.